The molecule has 0 aromatic heterocycles. The van der Waals surface area contributed by atoms with Crippen molar-refractivity contribution in [2.75, 3.05) is 13.2 Å². The average molecular weight is 183 g/mol. The molecule has 1 amide bonds. The van der Waals surface area contributed by atoms with Gasteiger partial charge in [-0.1, -0.05) is 6.92 Å². The molecule has 1 aliphatic carbocycles. The van der Waals surface area contributed by atoms with E-state index in [9.17, 15) is 4.79 Å². The Bertz CT molecular complexity index is 207. The van der Waals surface area contributed by atoms with Crippen molar-refractivity contribution in [2.45, 2.75) is 38.1 Å². The molecular weight excluding hydrogens is 166 g/mol. The molecule has 0 aromatic rings. The topological polar surface area (TPSA) is 38.3 Å². The van der Waals surface area contributed by atoms with Crippen molar-refractivity contribution in [2.24, 2.45) is 5.92 Å². The summed E-state index contributed by atoms with van der Waals surface area (Å²) in [5.41, 5.74) is -0.0121. The maximum absolute atomic E-state index is 11.2. The number of carbonyl (C=O) groups is 1. The van der Waals surface area contributed by atoms with E-state index in [1.54, 1.807) is 0 Å². The Hall–Kier alpha value is -0.570. The highest BCUT2D eigenvalue weighted by molar-refractivity contribution is 5.78. The number of hydrogen-bond donors (Lipinski definition) is 1. The molecule has 74 valence electrons. The second kappa shape index (κ2) is 3.29. The summed E-state index contributed by atoms with van der Waals surface area (Å²) in [6.45, 7) is 3.24. The van der Waals surface area contributed by atoms with Crippen LogP contribution in [0.25, 0.3) is 0 Å². The Morgan fingerprint density at radius 3 is 2.77 bits per heavy atom. The lowest BCUT2D eigenvalue weighted by Gasteiger charge is -2.42. The van der Waals surface area contributed by atoms with Crippen molar-refractivity contribution < 1.29 is 9.53 Å². The minimum atomic E-state index is -0.0121. The largest absolute Gasteiger partial charge is 0.369 e. The minimum Gasteiger partial charge on any atom is -0.369 e. The van der Waals surface area contributed by atoms with Gasteiger partial charge in [-0.15, -0.1) is 0 Å². The molecule has 13 heavy (non-hydrogen) atoms. The van der Waals surface area contributed by atoms with Gasteiger partial charge >= 0.3 is 0 Å². The van der Waals surface area contributed by atoms with Crippen LogP contribution in [0.3, 0.4) is 0 Å². The van der Waals surface area contributed by atoms with Gasteiger partial charge in [0.25, 0.3) is 0 Å². The van der Waals surface area contributed by atoms with E-state index in [4.69, 9.17) is 4.74 Å². The molecule has 3 nitrogen and oxygen atoms in total. The van der Waals surface area contributed by atoms with Crippen molar-refractivity contribution in [3.05, 3.63) is 0 Å². The Labute approximate surface area is 78.8 Å². The maximum Gasteiger partial charge on any atom is 0.246 e. The Morgan fingerprint density at radius 2 is 2.15 bits per heavy atom. The van der Waals surface area contributed by atoms with Gasteiger partial charge in [-0.3, -0.25) is 4.79 Å². The normalized spacial score (nSPS) is 40.4. The molecule has 1 saturated carbocycles. The van der Waals surface area contributed by atoms with Crippen molar-refractivity contribution in [3.8, 4) is 0 Å². The molecule has 2 fully saturated rings. The summed E-state index contributed by atoms with van der Waals surface area (Å²) in [5, 5.41) is 3.09. The molecule has 3 heteroatoms. The van der Waals surface area contributed by atoms with Crippen LogP contribution in [0.5, 0.6) is 0 Å². The number of morpholine rings is 1. The summed E-state index contributed by atoms with van der Waals surface area (Å²) in [6.07, 6.45) is 4.59. The van der Waals surface area contributed by atoms with Gasteiger partial charge in [-0.25, -0.2) is 0 Å². The summed E-state index contributed by atoms with van der Waals surface area (Å²) >= 11 is 0. The zero-order valence-corrected chi connectivity index (χ0v) is 8.14. The smallest absolute Gasteiger partial charge is 0.246 e. The van der Waals surface area contributed by atoms with Gasteiger partial charge in [0.05, 0.1) is 12.1 Å². The van der Waals surface area contributed by atoms with E-state index in [0.29, 0.717) is 6.61 Å². The predicted octanol–water partition coefficient (Wildman–Crippen LogP) is 1.08. The SMILES string of the molecule is CC1CCC2(CC1)COCC(=O)N2. The Balaban J connectivity index is 1.99. The maximum atomic E-state index is 11.2. The van der Waals surface area contributed by atoms with Crippen LogP contribution in [0.15, 0.2) is 0 Å². The summed E-state index contributed by atoms with van der Waals surface area (Å²) in [6, 6.07) is 0. The fourth-order valence-corrected chi connectivity index (χ4v) is 2.29. The van der Waals surface area contributed by atoms with Crippen LogP contribution >= 0.6 is 0 Å². The number of rotatable bonds is 0. The van der Waals surface area contributed by atoms with Gasteiger partial charge in [0.15, 0.2) is 0 Å². The minimum absolute atomic E-state index is 0.0121. The molecule has 0 unspecified atom stereocenters. The highest BCUT2D eigenvalue weighted by atomic mass is 16.5. The van der Waals surface area contributed by atoms with Crippen LogP contribution in [-0.4, -0.2) is 24.7 Å². The van der Waals surface area contributed by atoms with Crippen LogP contribution in [0, 0.1) is 5.92 Å². The summed E-state index contributed by atoms with van der Waals surface area (Å²) in [5.74, 6) is 0.866. The Morgan fingerprint density at radius 1 is 1.46 bits per heavy atom. The number of ether oxygens (including phenoxy) is 1. The van der Waals surface area contributed by atoms with Crippen molar-refractivity contribution in [3.63, 3.8) is 0 Å². The molecule has 1 N–H and O–H groups in total. The number of amides is 1. The van der Waals surface area contributed by atoms with E-state index in [2.05, 4.69) is 12.2 Å². The molecule has 0 atom stereocenters. The van der Waals surface area contributed by atoms with Gasteiger partial charge < -0.3 is 10.1 Å². The summed E-state index contributed by atoms with van der Waals surface area (Å²) < 4.78 is 5.30. The van der Waals surface area contributed by atoms with E-state index < -0.39 is 0 Å². The zero-order valence-electron chi connectivity index (χ0n) is 8.14. The first-order valence-electron chi connectivity index (χ1n) is 5.09. The summed E-state index contributed by atoms with van der Waals surface area (Å²) in [7, 11) is 0. The monoisotopic (exact) mass is 183 g/mol. The van der Waals surface area contributed by atoms with E-state index in [0.717, 1.165) is 18.8 Å². The van der Waals surface area contributed by atoms with E-state index in [1.165, 1.54) is 12.8 Å². The molecule has 1 spiro atoms. The standard InChI is InChI=1S/C10H17NO2/c1-8-2-4-10(5-3-8)7-13-6-9(12)11-10/h8H,2-7H2,1H3,(H,11,12). The van der Waals surface area contributed by atoms with Crippen LogP contribution in [0.2, 0.25) is 0 Å². The van der Waals surface area contributed by atoms with Gasteiger partial charge in [0.1, 0.15) is 6.61 Å². The van der Waals surface area contributed by atoms with Crippen molar-refractivity contribution in [1.29, 1.82) is 0 Å². The quantitative estimate of drug-likeness (QED) is 0.610. The molecule has 0 radical (unpaired) electrons. The van der Waals surface area contributed by atoms with Crippen LogP contribution < -0.4 is 5.32 Å². The number of hydrogen-bond acceptors (Lipinski definition) is 2. The zero-order chi connectivity index (χ0) is 9.31. The predicted molar refractivity (Wildman–Crippen MR) is 49.3 cm³/mol. The fraction of sp³-hybridized carbons (Fsp3) is 0.900. The molecule has 1 saturated heterocycles. The first-order valence-corrected chi connectivity index (χ1v) is 5.09. The second-order valence-electron chi connectivity index (χ2n) is 4.50. The third-order valence-corrected chi connectivity index (χ3v) is 3.25. The lowest BCUT2D eigenvalue weighted by molar-refractivity contribution is -0.137. The molecule has 2 rings (SSSR count). The molecular formula is C10H17NO2. The van der Waals surface area contributed by atoms with E-state index in [1.807, 2.05) is 0 Å². The lowest BCUT2D eigenvalue weighted by atomic mass is 9.77. The van der Waals surface area contributed by atoms with E-state index in [-0.39, 0.29) is 18.1 Å². The first kappa shape index (κ1) is 9.00. The highest BCUT2D eigenvalue weighted by Gasteiger charge is 2.38. The molecule has 2 aliphatic rings. The fourth-order valence-electron chi connectivity index (χ4n) is 2.29. The van der Waals surface area contributed by atoms with Crippen LogP contribution in [0.4, 0.5) is 0 Å². The van der Waals surface area contributed by atoms with Crippen LogP contribution in [0.1, 0.15) is 32.6 Å². The molecule has 1 aliphatic heterocycles. The second-order valence-corrected chi connectivity index (χ2v) is 4.50. The average Bonchev–Trinajstić information content (AvgIpc) is 2.11. The van der Waals surface area contributed by atoms with Crippen molar-refractivity contribution >= 4 is 5.91 Å². The first-order chi connectivity index (χ1) is 6.20. The van der Waals surface area contributed by atoms with Gasteiger partial charge in [-0.2, -0.15) is 0 Å². The highest BCUT2D eigenvalue weighted by Crippen LogP contribution is 2.33. The Kier molecular flexibility index (Phi) is 2.28. The van der Waals surface area contributed by atoms with E-state index >= 15 is 0 Å². The van der Waals surface area contributed by atoms with Gasteiger partial charge in [0.2, 0.25) is 5.91 Å². The number of nitrogens with one attached hydrogen (secondary N) is 1. The number of carbonyl (C=O) groups excluding carboxylic acids is 1. The van der Waals surface area contributed by atoms with Crippen molar-refractivity contribution in [1.82, 2.24) is 5.32 Å². The molecule has 1 heterocycles. The molecule has 0 bridgehead atoms. The van der Waals surface area contributed by atoms with Gasteiger partial charge in [0, 0.05) is 0 Å². The third-order valence-electron chi connectivity index (χ3n) is 3.25. The summed E-state index contributed by atoms with van der Waals surface area (Å²) in [4.78, 5) is 11.2. The lowest BCUT2D eigenvalue weighted by Crippen LogP contribution is -2.58. The third kappa shape index (κ3) is 1.85. The van der Waals surface area contributed by atoms with Gasteiger partial charge in [-0.05, 0) is 31.6 Å². The van der Waals surface area contributed by atoms with Crippen LogP contribution in [-0.2, 0) is 9.53 Å². The molecule has 0 aromatic carbocycles.